The summed E-state index contributed by atoms with van der Waals surface area (Å²) in [6.07, 6.45) is 0. The average Bonchev–Trinajstić information content (AvgIpc) is 2.44. The van der Waals surface area contributed by atoms with Crippen LogP contribution in [-0.4, -0.2) is 7.11 Å². The molecule has 2 rings (SSSR count). The van der Waals surface area contributed by atoms with Crippen LogP contribution in [0.4, 0.5) is 10.1 Å². The van der Waals surface area contributed by atoms with Gasteiger partial charge in [0.1, 0.15) is 11.6 Å². The molecule has 0 radical (unpaired) electrons. The lowest BCUT2D eigenvalue weighted by Crippen LogP contribution is -2.09. The Balaban J connectivity index is 2.31. The van der Waals surface area contributed by atoms with Gasteiger partial charge in [-0.05, 0) is 63.0 Å². The Bertz CT molecular complexity index is 664. The number of anilines is 1. The average molecular weight is 482 g/mol. The summed E-state index contributed by atoms with van der Waals surface area (Å²) < 4.78 is 21.8. The van der Waals surface area contributed by atoms with Crippen molar-refractivity contribution in [2.24, 2.45) is 0 Å². The molecule has 21 heavy (non-hydrogen) atoms. The van der Waals surface area contributed by atoms with E-state index in [9.17, 15) is 4.39 Å². The van der Waals surface area contributed by atoms with E-state index in [-0.39, 0.29) is 11.9 Å². The van der Waals surface area contributed by atoms with Crippen molar-refractivity contribution in [3.63, 3.8) is 0 Å². The van der Waals surface area contributed by atoms with Crippen LogP contribution in [0, 0.1) is 5.82 Å². The van der Waals surface area contributed by atoms with Crippen LogP contribution in [0.3, 0.4) is 0 Å². The lowest BCUT2D eigenvalue weighted by atomic mass is 10.1. The molecule has 0 spiro atoms. The lowest BCUT2D eigenvalue weighted by Gasteiger charge is -2.19. The van der Waals surface area contributed by atoms with Crippen LogP contribution in [0.15, 0.2) is 43.7 Å². The first-order valence-corrected chi connectivity index (χ1v) is 8.54. The molecule has 0 heterocycles. The van der Waals surface area contributed by atoms with Gasteiger partial charge in [-0.3, -0.25) is 0 Å². The molecule has 2 aromatic carbocycles. The predicted octanol–water partition coefficient (Wildman–Crippen LogP) is 6.29. The Labute approximate surface area is 148 Å². The Morgan fingerprint density at radius 2 is 1.81 bits per heavy atom. The van der Waals surface area contributed by atoms with Gasteiger partial charge in [-0.15, -0.1) is 0 Å². The fourth-order valence-electron chi connectivity index (χ4n) is 1.95. The minimum absolute atomic E-state index is 0.190. The number of rotatable bonds is 4. The second-order valence-electron chi connectivity index (χ2n) is 4.50. The molecule has 0 aliphatic heterocycles. The number of halogens is 4. The minimum atomic E-state index is -0.238. The molecule has 0 saturated carbocycles. The maximum atomic E-state index is 13.9. The van der Waals surface area contributed by atoms with Crippen LogP contribution in [0.1, 0.15) is 18.5 Å². The van der Waals surface area contributed by atoms with E-state index in [0.717, 1.165) is 19.1 Å². The maximum Gasteiger partial charge on any atom is 0.135 e. The summed E-state index contributed by atoms with van der Waals surface area (Å²) in [4.78, 5) is 0. The fraction of sp³-hybridized carbons (Fsp3) is 0.200. The van der Waals surface area contributed by atoms with E-state index in [2.05, 4.69) is 53.1 Å². The maximum absolute atomic E-state index is 13.9. The van der Waals surface area contributed by atoms with Gasteiger partial charge in [0.25, 0.3) is 0 Å². The number of nitrogens with one attached hydrogen (secondary N) is 1. The molecule has 6 heteroatoms. The fourth-order valence-corrected chi connectivity index (χ4v) is 3.60. The molecule has 0 fully saturated rings. The van der Waals surface area contributed by atoms with Crippen LogP contribution >= 0.6 is 47.8 Å². The van der Waals surface area contributed by atoms with E-state index in [4.69, 9.17) is 4.74 Å². The highest BCUT2D eigenvalue weighted by Gasteiger charge is 2.14. The van der Waals surface area contributed by atoms with Crippen molar-refractivity contribution >= 4 is 53.5 Å². The Hall–Kier alpha value is -0.590. The molecule has 2 aromatic rings. The van der Waals surface area contributed by atoms with Gasteiger partial charge in [0.2, 0.25) is 0 Å². The van der Waals surface area contributed by atoms with E-state index in [1.807, 2.05) is 19.1 Å². The number of benzene rings is 2. The second-order valence-corrected chi connectivity index (χ2v) is 7.12. The summed E-state index contributed by atoms with van der Waals surface area (Å²) in [5.74, 6) is 0.473. The molecule has 1 N–H and O–H groups in total. The van der Waals surface area contributed by atoms with Crippen molar-refractivity contribution in [2.75, 3.05) is 12.4 Å². The van der Waals surface area contributed by atoms with Gasteiger partial charge in [0.15, 0.2) is 0 Å². The third kappa shape index (κ3) is 3.99. The predicted molar refractivity (Wildman–Crippen MR) is 94.5 cm³/mol. The zero-order chi connectivity index (χ0) is 15.6. The van der Waals surface area contributed by atoms with Gasteiger partial charge >= 0.3 is 0 Å². The van der Waals surface area contributed by atoms with Crippen molar-refractivity contribution in [3.8, 4) is 5.75 Å². The SMILES string of the molecule is COc1cc(NC(C)c2cc(Br)ccc2F)c(Br)cc1Br. The van der Waals surface area contributed by atoms with E-state index in [0.29, 0.717) is 11.3 Å². The molecule has 0 bridgehead atoms. The first-order chi connectivity index (χ1) is 9.92. The normalized spacial score (nSPS) is 12.1. The standard InChI is InChI=1S/C15H13Br3FNO/c1-8(10-5-9(16)3-4-13(10)19)20-14-7-15(21-2)12(18)6-11(14)17/h3-8,20H,1-2H3. The number of ether oxygens (including phenoxy) is 1. The second kappa shape index (κ2) is 7.11. The summed E-state index contributed by atoms with van der Waals surface area (Å²) in [7, 11) is 1.61. The summed E-state index contributed by atoms with van der Waals surface area (Å²) in [6, 6.07) is 8.48. The Morgan fingerprint density at radius 1 is 1.10 bits per heavy atom. The molecule has 0 aliphatic carbocycles. The molecule has 0 aliphatic rings. The topological polar surface area (TPSA) is 21.3 Å². The zero-order valence-corrected chi connectivity index (χ0v) is 16.1. The number of methoxy groups -OCH3 is 1. The third-order valence-corrected chi connectivity index (χ3v) is 4.81. The summed E-state index contributed by atoms with van der Waals surface area (Å²) in [5, 5.41) is 3.29. The smallest absolute Gasteiger partial charge is 0.135 e. The number of hydrogen-bond acceptors (Lipinski definition) is 2. The van der Waals surface area contributed by atoms with Gasteiger partial charge in [0, 0.05) is 20.6 Å². The van der Waals surface area contributed by atoms with E-state index >= 15 is 0 Å². The van der Waals surface area contributed by atoms with Gasteiger partial charge < -0.3 is 10.1 Å². The minimum Gasteiger partial charge on any atom is -0.495 e. The summed E-state index contributed by atoms with van der Waals surface area (Å²) in [5.41, 5.74) is 1.43. The third-order valence-electron chi connectivity index (χ3n) is 3.04. The summed E-state index contributed by atoms with van der Waals surface area (Å²) >= 11 is 10.3. The van der Waals surface area contributed by atoms with Crippen molar-refractivity contribution in [2.45, 2.75) is 13.0 Å². The molecule has 0 amide bonds. The van der Waals surface area contributed by atoms with Crippen LogP contribution in [0.2, 0.25) is 0 Å². The molecule has 2 nitrogen and oxygen atoms in total. The van der Waals surface area contributed by atoms with Gasteiger partial charge in [0.05, 0.1) is 23.3 Å². The van der Waals surface area contributed by atoms with Gasteiger partial charge in [-0.25, -0.2) is 4.39 Å². The summed E-state index contributed by atoms with van der Waals surface area (Å²) in [6.45, 7) is 1.91. The first kappa shape index (κ1) is 16.8. The molecule has 0 aromatic heterocycles. The highest BCUT2D eigenvalue weighted by molar-refractivity contribution is 9.11. The van der Waals surface area contributed by atoms with Crippen molar-refractivity contribution in [3.05, 3.63) is 55.1 Å². The molecule has 1 unspecified atom stereocenters. The Kier molecular flexibility index (Phi) is 5.68. The van der Waals surface area contributed by atoms with Crippen molar-refractivity contribution in [1.82, 2.24) is 0 Å². The van der Waals surface area contributed by atoms with E-state index in [1.165, 1.54) is 6.07 Å². The molecule has 112 valence electrons. The molecule has 1 atom stereocenters. The molecular formula is C15H13Br3FNO. The van der Waals surface area contributed by atoms with Crippen LogP contribution in [0.5, 0.6) is 5.75 Å². The van der Waals surface area contributed by atoms with Gasteiger partial charge in [-0.1, -0.05) is 15.9 Å². The Morgan fingerprint density at radius 3 is 2.48 bits per heavy atom. The number of hydrogen-bond donors (Lipinski definition) is 1. The quantitative estimate of drug-likeness (QED) is 0.553. The first-order valence-electron chi connectivity index (χ1n) is 6.17. The highest BCUT2D eigenvalue weighted by Crippen LogP contribution is 2.36. The van der Waals surface area contributed by atoms with E-state index < -0.39 is 0 Å². The van der Waals surface area contributed by atoms with Crippen molar-refractivity contribution in [1.29, 1.82) is 0 Å². The van der Waals surface area contributed by atoms with Crippen LogP contribution in [0.25, 0.3) is 0 Å². The highest BCUT2D eigenvalue weighted by atomic mass is 79.9. The lowest BCUT2D eigenvalue weighted by molar-refractivity contribution is 0.412. The van der Waals surface area contributed by atoms with Crippen LogP contribution in [-0.2, 0) is 0 Å². The monoisotopic (exact) mass is 479 g/mol. The van der Waals surface area contributed by atoms with E-state index in [1.54, 1.807) is 19.2 Å². The zero-order valence-electron chi connectivity index (χ0n) is 11.4. The molecule has 0 saturated heterocycles. The molecular weight excluding hydrogens is 469 g/mol. The largest absolute Gasteiger partial charge is 0.495 e. The van der Waals surface area contributed by atoms with Gasteiger partial charge in [-0.2, -0.15) is 0 Å². The van der Waals surface area contributed by atoms with Crippen LogP contribution < -0.4 is 10.1 Å². The van der Waals surface area contributed by atoms with Crippen molar-refractivity contribution < 1.29 is 9.13 Å².